The molecule has 0 aliphatic carbocycles. The van der Waals surface area contributed by atoms with Crippen LogP contribution in [0.5, 0.6) is 0 Å². The number of sulfone groups is 1. The van der Waals surface area contributed by atoms with Gasteiger partial charge in [0.1, 0.15) is 27.6 Å². The summed E-state index contributed by atoms with van der Waals surface area (Å²) in [6.45, 7) is 13.4. The molecule has 6 heterocycles. The topological polar surface area (TPSA) is 134 Å². The van der Waals surface area contributed by atoms with Gasteiger partial charge in [0.25, 0.3) is 0 Å². The van der Waals surface area contributed by atoms with E-state index < -0.39 is 27.7 Å². The molecule has 0 radical (unpaired) electrons. The molecule has 3 saturated heterocycles. The molecular weight excluding hydrogens is 635 g/mol. The molecule has 0 aromatic carbocycles. The Morgan fingerprint density at radius 3 is 2.60 bits per heavy atom. The number of fused-ring (bicyclic) bond motifs is 1. The molecule has 1 N–H and O–H groups in total. The molecule has 48 heavy (non-hydrogen) atoms. The number of piperidine rings is 1. The van der Waals surface area contributed by atoms with Crippen molar-refractivity contribution in [1.29, 1.82) is 0 Å². The Labute approximate surface area is 281 Å². The third-order valence-electron chi connectivity index (χ3n) is 9.41. The van der Waals surface area contributed by atoms with Crippen LogP contribution in [0.1, 0.15) is 58.7 Å². The Hall–Kier alpha value is -3.91. The van der Waals surface area contributed by atoms with Crippen molar-refractivity contribution in [3.8, 4) is 0 Å². The summed E-state index contributed by atoms with van der Waals surface area (Å²) in [4.78, 5) is 37.3. The maximum atomic E-state index is 15.1. The summed E-state index contributed by atoms with van der Waals surface area (Å²) in [6.07, 6.45) is 8.36. The Kier molecular flexibility index (Phi) is 9.33. The van der Waals surface area contributed by atoms with Crippen molar-refractivity contribution in [3.05, 3.63) is 49.1 Å². The highest BCUT2D eigenvalue weighted by molar-refractivity contribution is 7.90. The summed E-state index contributed by atoms with van der Waals surface area (Å²) in [7, 11) is -3.10. The van der Waals surface area contributed by atoms with Gasteiger partial charge >= 0.3 is 0 Å². The number of aromatic nitrogens is 4. The van der Waals surface area contributed by atoms with Gasteiger partial charge in [-0.3, -0.25) is 9.78 Å². The molecule has 5 atom stereocenters. The lowest BCUT2D eigenvalue weighted by molar-refractivity contribution is -0.126. The Morgan fingerprint density at radius 1 is 1.12 bits per heavy atom. The van der Waals surface area contributed by atoms with E-state index in [1.807, 2.05) is 44.9 Å². The molecule has 3 aromatic rings. The van der Waals surface area contributed by atoms with Crippen LogP contribution < -0.4 is 15.1 Å². The highest BCUT2D eigenvalue weighted by Gasteiger charge is 2.39. The van der Waals surface area contributed by atoms with E-state index in [1.54, 1.807) is 23.4 Å². The second kappa shape index (κ2) is 13.2. The molecule has 0 spiro atoms. The number of pyridine rings is 2. The van der Waals surface area contributed by atoms with Crippen LogP contribution in [-0.4, -0.2) is 101 Å². The van der Waals surface area contributed by atoms with Crippen LogP contribution in [0.4, 0.5) is 27.7 Å². The number of ether oxygens (including phenoxy) is 1. The molecule has 258 valence electrons. The van der Waals surface area contributed by atoms with Crippen molar-refractivity contribution in [2.45, 2.75) is 76.9 Å². The van der Waals surface area contributed by atoms with E-state index >= 15 is 4.39 Å². The lowest BCUT2D eigenvalue weighted by Crippen LogP contribution is -2.57. The average molecular weight is 681 g/mol. The van der Waals surface area contributed by atoms with Gasteiger partial charge < -0.3 is 24.8 Å². The lowest BCUT2D eigenvalue weighted by Gasteiger charge is -2.48. The first-order valence-electron chi connectivity index (χ1n) is 16.5. The summed E-state index contributed by atoms with van der Waals surface area (Å²) in [5.41, 5.74) is 1.21. The molecule has 14 heteroatoms. The van der Waals surface area contributed by atoms with E-state index in [0.717, 1.165) is 35.0 Å². The van der Waals surface area contributed by atoms with E-state index in [2.05, 4.69) is 26.8 Å². The fraction of sp³-hybridized carbons (Fsp3) is 0.559. The van der Waals surface area contributed by atoms with Gasteiger partial charge in [0.05, 0.1) is 47.6 Å². The zero-order valence-electron chi connectivity index (χ0n) is 28.3. The number of carbonyl (C=O) groups is 1. The maximum Gasteiger partial charge on any atom is 0.246 e. The Bertz CT molecular complexity index is 1800. The number of nitrogens with one attached hydrogen (secondary N) is 1. The fourth-order valence-electron chi connectivity index (χ4n) is 7.08. The zero-order valence-corrected chi connectivity index (χ0v) is 29.1. The number of nitrogens with zero attached hydrogens (tertiary/aromatic N) is 7. The van der Waals surface area contributed by atoms with Crippen LogP contribution in [0.3, 0.4) is 0 Å². The maximum absolute atomic E-state index is 15.1. The van der Waals surface area contributed by atoms with Crippen LogP contribution >= 0.6 is 0 Å². The average Bonchev–Trinajstić information content (AvgIpc) is 3.52. The van der Waals surface area contributed by atoms with Gasteiger partial charge in [-0.05, 0) is 65.2 Å². The largest absolute Gasteiger partial charge is 0.369 e. The number of carbonyl (C=O) groups excluding carboxylic acids is 1. The minimum absolute atomic E-state index is 0.00662. The Balaban J connectivity index is 1.29. The van der Waals surface area contributed by atoms with E-state index in [0.29, 0.717) is 43.6 Å². The van der Waals surface area contributed by atoms with E-state index in [9.17, 15) is 13.2 Å². The van der Waals surface area contributed by atoms with Crippen molar-refractivity contribution in [3.63, 3.8) is 0 Å². The zero-order chi connectivity index (χ0) is 34.4. The molecule has 0 bridgehead atoms. The highest BCUT2D eigenvalue weighted by atomic mass is 32.2. The second-order valence-corrected chi connectivity index (χ2v) is 16.4. The van der Waals surface area contributed by atoms with Crippen LogP contribution in [0.25, 0.3) is 10.8 Å². The molecular formula is C34H45FN8O4S. The number of rotatable bonds is 9. The third-order valence-corrected chi connectivity index (χ3v) is 10.4. The second-order valence-electron chi connectivity index (χ2n) is 14.2. The monoisotopic (exact) mass is 680 g/mol. The normalized spacial score (nSPS) is 24.9. The summed E-state index contributed by atoms with van der Waals surface area (Å²) >= 11 is 0. The summed E-state index contributed by atoms with van der Waals surface area (Å²) in [5, 5.41) is 5.00. The van der Waals surface area contributed by atoms with Crippen LogP contribution in [-0.2, 0) is 19.4 Å². The van der Waals surface area contributed by atoms with Gasteiger partial charge in [-0.1, -0.05) is 6.58 Å². The van der Waals surface area contributed by atoms with E-state index in [1.165, 1.54) is 12.3 Å². The summed E-state index contributed by atoms with van der Waals surface area (Å²) < 4.78 is 45.0. The third kappa shape index (κ3) is 7.24. The van der Waals surface area contributed by atoms with Crippen molar-refractivity contribution in [2.75, 3.05) is 53.3 Å². The number of anilines is 4. The molecule has 1 amide bonds. The van der Waals surface area contributed by atoms with Crippen LogP contribution in [0.2, 0.25) is 0 Å². The minimum atomic E-state index is -3.10. The number of hydrogen-bond acceptors (Lipinski definition) is 11. The quantitative estimate of drug-likeness (QED) is 0.318. The summed E-state index contributed by atoms with van der Waals surface area (Å²) in [5.74, 6) is 1.47. The van der Waals surface area contributed by atoms with Gasteiger partial charge in [0.2, 0.25) is 11.9 Å². The predicted molar refractivity (Wildman–Crippen MR) is 185 cm³/mol. The fourth-order valence-corrected chi connectivity index (χ4v) is 8.24. The predicted octanol–water partition coefficient (Wildman–Crippen LogP) is 4.61. The van der Waals surface area contributed by atoms with Gasteiger partial charge in [0.15, 0.2) is 0 Å². The number of likely N-dealkylation sites (tertiary alicyclic amines) is 1. The molecule has 1 unspecified atom stereocenters. The molecule has 3 aliphatic rings. The van der Waals surface area contributed by atoms with Crippen molar-refractivity contribution in [2.24, 2.45) is 5.92 Å². The summed E-state index contributed by atoms with van der Waals surface area (Å²) in [6, 6.07) is 3.44. The van der Waals surface area contributed by atoms with Gasteiger partial charge in [0, 0.05) is 61.0 Å². The number of alkyl halides is 1. The van der Waals surface area contributed by atoms with Gasteiger partial charge in [-0.15, -0.1) is 0 Å². The molecule has 3 aliphatic heterocycles. The first-order chi connectivity index (χ1) is 22.7. The van der Waals surface area contributed by atoms with Crippen molar-refractivity contribution >= 4 is 49.8 Å². The molecule has 0 saturated carbocycles. The molecule has 3 fully saturated rings. The van der Waals surface area contributed by atoms with Crippen molar-refractivity contribution in [1.82, 2.24) is 24.8 Å². The molecule has 12 nitrogen and oxygen atoms in total. The van der Waals surface area contributed by atoms with Crippen molar-refractivity contribution < 1.29 is 22.3 Å². The number of halogens is 1. The van der Waals surface area contributed by atoms with E-state index in [-0.39, 0.29) is 36.2 Å². The van der Waals surface area contributed by atoms with Gasteiger partial charge in [-0.2, -0.15) is 4.98 Å². The molecule has 3 aromatic heterocycles. The number of amides is 1. The lowest BCUT2D eigenvalue weighted by atomic mass is 9.90. The van der Waals surface area contributed by atoms with Crippen LogP contribution in [0, 0.1) is 5.92 Å². The number of hydrogen-bond donors (Lipinski definition) is 1. The Morgan fingerprint density at radius 2 is 1.92 bits per heavy atom. The first kappa shape index (κ1) is 34.0. The van der Waals surface area contributed by atoms with Crippen LogP contribution in [0.15, 0.2) is 43.4 Å². The molecule has 6 rings (SSSR count). The standard InChI is InChI=1S/C34H45FN8O4S/c1-7-31(44)42-13-8-9-26(42)32-23-15-30(37-16-24(23)27(17-38-32)43-18-22(21(43)2)20-48(6,45)46)39-29-10-12-36-33(40-29)41-14-11-28(25(35)19-41)47-34(3,4)5/h7,10,12,15-17,21-22,25-26,28H,1,8-9,11,13-14,18-20H2,2-6H3,(H,36,37,39,40)/t21-,22-,25+,26?,28-/m1/s1. The first-order valence-corrected chi connectivity index (χ1v) is 18.6. The highest BCUT2D eigenvalue weighted by Crippen LogP contribution is 2.41. The SMILES string of the molecule is C=CC(=O)N1CCCC1c1ncc(N2C[C@H](CS(C)(=O)=O)[C@H]2C)c2cnc(Nc3ccnc(N4CC[C@@H](OC(C)(C)C)[C@@H](F)C4)n3)cc12. The van der Waals surface area contributed by atoms with E-state index in [4.69, 9.17) is 14.7 Å². The van der Waals surface area contributed by atoms with Gasteiger partial charge in [-0.25, -0.2) is 22.8 Å². The minimum Gasteiger partial charge on any atom is -0.369 e. The smallest absolute Gasteiger partial charge is 0.246 e.